The van der Waals surface area contributed by atoms with Crippen LogP contribution in [0.2, 0.25) is 18.1 Å². The molecule has 1 aliphatic carbocycles. The summed E-state index contributed by atoms with van der Waals surface area (Å²) in [6.07, 6.45) is 3.35. The van der Waals surface area contributed by atoms with Crippen LogP contribution in [0, 0.1) is 0 Å². The molecular formula is C13H22BrNOSi. The van der Waals surface area contributed by atoms with Crippen LogP contribution in [0.5, 0.6) is 0 Å². The second-order valence-corrected chi connectivity index (χ2v) is 10.3. The number of carbonyl (C=O) groups is 1. The molecular weight excluding hydrogens is 294 g/mol. The van der Waals surface area contributed by atoms with E-state index in [0.717, 1.165) is 11.8 Å². The molecule has 0 saturated carbocycles. The van der Waals surface area contributed by atoms with Gasteiger partial charge in [-0.1, -0.05) is 35.1 Å². The summed E-state index contributed by atoms with van der Waals surface area (Å²) in [6, 6.07) is 0.439. The van der Waals surface area contributed by atoms with E-state index >= 15 is 0 Å². The highest BCUT2D eigenvalue weighted by Gasteiger charge is 2.67. The maximum absolute atomic E-state index is 12.7. The van der Waals surface area contributed by atoms with Crippen molar-refractivity contribution in [2.24, 2.45) is 0 Å². The first-order chi connectivity index (χ1) is 7.77. The van der Waals surface area contributed by atoms with Crippen molar-refractivity contribution in [3.63, 3.8) is 0 Å². The minimum atomic E-state index is -1.04. The number of fused-ring (bicyclic) bond motifs is 1. The molecule has 1 saturated heterocycles. The second kappa shape index (κ2) is 3.95. The van der Waals surface area contributed by atoms with Gasteiger partial charge in [0.15, 0.2) is 0 Å². The lowest BCUT2D eigenvalue weighted by molar-refractivity contribution is -0.159. The van der Waals surface area contributed by atoms with E-state index in [1.807, 2.05) is 0 Å². The fourth-order valence-electron chi connectivity index (χ4n) is 3.63. The van der Waals surface area contributed by atoms with E-state index in [4.69, 9.17) is 0 Å². The van der Waals surface area contributed by atoms with Crippen molar-refractivity contribution < 1.29 is 4.79 Å². The highest BCUT2D eigenvalue weighted by atomic mass is 79.9. The highest BCUT2D eigenvalue weighted by molar-refractivity contribution is 9.09. The molecule has 96 valence electrons. The molecule has 0 spiro atoms. The third-order valence-corrected chi connectivity index (χ3v) is 7.73. The topological polar surface area (TPSA) is 20.3 Å². The molecule has 0 unspecified atom stereocenters. The second-order valence-electron chi connectivity index (χ2n) is 6.48. The van der Waals surface area contributed by atoms with E-state index in [2.05, 4.69) is 60.8 Å². The van der Waals surface area contributed by atoms with E-state index in [9.17, 15) is 4.79 Å². The number of carbonyl (C=O) groups excluding carboxylic acids is 1. The van der Waals surface area contributed by atoms with Crippen LogP contribution >= 0.6 is 15.9 Å². The van der Waals surface area contributed by atoms with E-state index in [1.54, 1.807) is 0 Å². The van der Waals surface area contributed by atoms with Crippen LogP contribution in [0.3, 0.4) is 0 Å². The van der Waals surface area contributed by atoms with Crippen LogP contribution in [-0.2, 0) is 4.79 Å². The van der Waals surface area contributed by atoms with Crippen LogP contribution in [0.15, 0.2) is 11.6 Å². The Morgan fingerprint density at radius 3 is 2.53 bits per heavy atom. The number of alkyl halides is 1. The van der Waals surface area contributed by atoms with E-state index in [-0.39, 0.29) is 10.6 Å². The van der Waals surface area contributed by atoms with E-state index in [0.29, 0.717) is 11.9 Å². The van der Waals surface area contributed by atoms with E-state index < -0.39 is 8.80 Å². The lowest BCUT2D eigenvalue weighted by Gasteiger charge is -2.61. The Balaban J connectivity index is 2.40. The third-order valence-electron chi connectivity index (χ3n) is 4.31. The lowest BCUT2D eigenvalue weighted by atomic mass is 9.80. The fraction of sp³-hybridized carbons (Fsp3) is 0.769. The molecule has 1 heterocycles. The van der Waals surface area contributed by atoms with Gasteiger partial charge in [0.1, 0.15) is 0 Å². The monoisotopic (exact) mass is 315 g/mol. The summed E-state index contributed by atoms with van der Waals surface area (Å²) in [5.41, 5.74) is 1.32. The quantitative estimate of drug-likeness (QED) is 0.332. The summed E-state index contributed by atoms with van der Waals surface area (Å²) in [5, 5.41) is 0.787. The minimum absolute atomic E-state index is 0.0376. The van der Waals surface area contributed by atoms with Crippen LogP contribution in [0.4, 0.5) is 0 Å². The molecule has 2 atom stereocenters. The van der Waals surface area contributed by atoms with Crippen molar-refractivity contribution in [3.8, 4) is 0 Å². The molecule has 0 radical (unpaired) electrons. The summed E-state index contributed by atoms with van der Waals surface area (Å²) >= 11 is 3.56. The molecule has 2 rings (SSSR count). The Morgan fingerprint density at radius 1 is 1.53 bits per heavy atom. The molecule has 2 nitrogen and oxygen atoms in total. The summed E-state index contributed by atoms with van der Waals surface area (Å²) in [4.78, 5) is 14.8. The van der Waals surface area contributed by atoms with Gasteiger partial charge in [-0.2, -0.15) is 0 Å². The molecule has 4 heteroatoms. The van der Waals surface area contributed by atoms with Crippen molar-refractivity contribution in [1.29, 1.82) is 0 Å². The van der Waals surface area contributed by atoms with Gasteiger partial charge in [-0.15, -0.1) is 0 Å². The van der Waals surface area contributed by atoms with Crippen molar-refractivity contribution in [2.45, 2.75) is 56.9 Å². The summed E-state index contributed by atoms with van der Waals surface area (Å²) in [5.74, 6) is 0.389. The Bertz CT molecular complexity index is 385. The Morgan fingerprint density at radius 2 is 2.12 bits per heavy atom. The SMILES string of the molecule is C[SiH](C)[C@]12C(=O)N(C(C)(C)C)[C@@H]1CC=C2CBr. The number of likely N-dealkylation sites (tertiary alicyclic amines) is 1. The molecule has 0 aromatic carbocycles. The Labute approximate surface area is 114 Å². The molecule has 0 aromatic heterocycles. The maximum atomic E-state index is 12.7. The minimum Gasteiger partial charge on any atom is -0.333 e. The van der Waals surface area contributed by atoms with Gasteiger partial charge in [-0.3, -0.25) is 4.79 Å². The van der Waals surface area contributed by atoms with Gasteiger partial charge in [-0.25, -0.2) is 0 Å². The summed E-state index contributed by atoms with van der Waals surface area (Å²) in [6.45, 7) is 11.0. The van der Waals surface area contributed by atoms with Gasteiger partial charge >= 0.3 is 0 Å². The van der Waals surface area contributed by atoms with Crippen LogP contribution in [0.25, 0.3) is 0 Å². The number of amides is 1. The molecule has 0 aromatic rings. The summed E-state index contributed by atoms with van der Waals surface area (Å²) < 4.78 is 0. The maximum Gasteiger partial charge on any atom is 0.232 e. The first kappa shape index (κ1) is 13.3. The van der Waals surface area contributed by atoms with Gasteiger partial charge in [-0.05, 0) is 32.8 Å². The molecule has 0 bridgehead atoms. The van der Waals surface area contributed by atoms with Crippen molar-refractivity contribution >= 4 is 30.6 Å². The average Bonchev–Trinajstić information content (AvgIpc) is 2.49. The number of rotatable bonds is 2. The zero-order chi connectivity index (χ0) is 13.0. The van der Waals surface area contributed by atoms with Crippen LogP contribution in [0.1, 0.15) is 27.2 Å². The van der Waals surface area contributed by atoms with Gasteiger partial charge < -0.3 is 4.90 Å². The van der Waals surface area contributed by atoms with E-state index in [1.165, 1.54) is 5.57 Å². The first-order valence-corrected chi connectivity index (χ1v) is 10.4. The van der Waals surface area contributed by atoms with Crippen LogP contribution < -0.4 is 0 Å². The number of nitrogens with zero attached hydrogens (tertiary/aromatic N) is 1. The number of halogens is 1. The summed E-state index contributed by atoms with van der Waals surface area (Å²) in [7, 11) is -1.04. The first-order valence-electron chi connectivity index (χ1n) is 6.37. The third kappa shape index (κ3) is 1.53. The number of β-lactam (4-membered cyclic amide) rings is 1. The highest BCUT2D eigenvalue weighted by Crippen LogP contribution is 2.61. The average molecular weight is 316 g/mol. The Hall–Kier alpha value is -0.0931. The van der Waals surface area contributed by atoms with Gasteiger partial charge in [0.2, 0.25) is 5.91 Å². The zero-order valence-corrected chi connectivity index (χ0v) is 14.1. The smallest absolute Gasteiger partial charge is 0.232 e. The number of hydrogen-bond donors (Lipinski definition) is 0. The predicted molar refractivity (Wildman–Crippen MR) is 78.5 cm³/mol. The van der Waals surface area contributed by atoms with Crippen LogP contribution in [-0.4, -0.2) is 36.5 Å². The molecule has 2 aliphatic rings. The molecule has 1 fully saturated rings. The number of hydrogen-bond acceptors (Lipinski definition) is 1. The van der Waals surface area contributed by atoms with Crippen molar-refractivity contribution in [2.75, 3.05) is 5.33 Å². The lowest BCUT2D eigenvalue weighted by Crippen LogP contribution is -2.72. The molecule has 1 amide bonds. The normalized spacial score (nSPS) is 32.6. The predicted octanol–water partition coefficient (Wildman–Crippen LogP) is 2.95. The standard InChI is InChI=1S/C13H22BrNOSi/c1-12(2,3)15-10-7-6-9(8-14)13(10,11(15)16)17(4)5/h6,10,17H,7-8H2,1-5H3/t10-,13+/m1/s1. The molecule has 17 heavy (non-hydrogen) atoms. The largest absolute Gasteiger partial charge is 0.333 e. The Kier molecular flexibility index (Phi) is 3.10. The molecule has 0 N–H and O–H groups in total. The van der Waals surface area contributed by atoms with Gasteiger partial charge in [0.05, 0.1) is 19.9 Å². The van der Waals surface area contributed by atoms with Gasteiger partial charge in [0.25, 0.3) is 0 Å². The van der Waals surface area contributed by atoms with Gasteiger partial charge in [0, 0.05) is 10.9 Å². The zero-order valence-electron chi connectivity index (χ0n) is 11.4. The fourth-order valence-corrected chi connectivity index (χ4v) is 7.27. The van der Waals surface area contributed by atoms with Crippen molar-refractivity contribution in [1.82, 2.24) is 4.90 Å². The van der Waals surface area contributed by atoms with Crippen molar-refractivity contribution in [3.05, 3.63) is 11.6 Å². The molecule has 1 aliphatic heterocycles.